The van der Waals surface area contributed by atoms with Crippen molar-refractivity contribution < 1.29 is 17.6 Å². The molecule has 0 fully saturated rings. The second-order valence-corrected chi connectivity index (χ2v) is 6.55. The predicted molar refractivity (Wildman–Crippen MR) is 89.2 cm³/mol. The third-order valence-corrected chi connectivity index (χ3v) is 4.35. The summed E-state index contributed by atoms with van der Waals surface area (Å²) in [5, 5.41) is 2.63. The molecule has 0 aliphatic heterocycles. The van der Waals surface area contributed by atoms with Crippen LogP contribution in [-0.4, -0.2) is 20.9 Å². The summed E-state index contributed by atoms with van der Waals surface area (Å²) < 4.78 is 39.6. The van der Waals surface area contributed by atoms with Crippen LogP contribution in [0.4, 0.5) is 10.1 Å². The molecule has 0 saturated heterocycles. The number of anilines is 1. The van der Waals surface area contributed by atoms with Gasteiger partial charge in [0.25, 0.3) is 0 Å². The lowest BCUT2D eigenvalue weighted by Gasteiger charge is -2.04. The smallest absolute Gasteiger partial charge is 0.244 e. The predicted octanol–water partition coefficient (Wildman–Crippen LogP) is 2.11. The van der Waals surface area contributed by atoms with Crippen LogP contribution >= 0.6 is 0 Å². The standard InChI is InChI=1S/C17H15FN2O3S/c1-13(21)20-15-10-8-14(9-11-15)5-4-12-19-24(22,23)17-7-3-2-6-16(17)18/h2-3,6-11,19H,12H2,1H3,(H,20,21). The normalized spacial score (nSPS) is 10.6. The number of carbonyl (C=O) groups is 1. The van der Waals surface area contributed by atoms with Crippen LogP contribution in [0.2, 0.25) is 0 Å². The number of nitrogens with one attached hydrogen (secondary N) is 2. The molecule has 0 radical (unpaired) electrons. The molecule has 0 saturated carbocycles. The highest BCUT2D eigenvalue weighted by Crippen LogP contribution is 2.12. The first-order chi connectivity index (χ1) is 11.4. The van der Waals surface area contributed by atoms with Gasteiger partial charge in [0, 0.05) is 18.2 Å². The molecule has 2 aromatic rings. The van der Waals surface area contributed by atoms with Crippen LogP contribution < -0.4 is 10.0 Å². The van der Waals surface area contributed by atoms with Crippen molar-refractivity contribution in [2.24, 2.45) is 0 Å². The van der Waals surface area contributed by atoms with E-state index in [9.17, 15) is 17.6 Å². The highest BCUT2D eigenvalue weighted by molar-refractivity contribution is 7.89. The highest BCUT2D eigenvalue weighted by Gasteiger charge is 2.16. The van der Waals surface area contributed by atoms with E-state index >= 15 is 0 Å². The fourth-order valence-corrected chi connectivity index (χ4v) is 2.86. The molecule has 2 rings (SSSR count). The van der Waals surface area contributed by atoms with E-state index in [1.54, 1.807) is 24.3 Å². The molecule has 0 aromatic heterocycles. The number of amides is 1. The maximum atomic E-state index is 13.5. The van der Waals surface area contributed by atoms with Crippen molar-refractivity contribution in [3.63, 3.8) is 0 Å². The molecule has 0 spiro atoms. The van der Waals surface area contributed by atoms with Crippen molar-refractivity contribution in [1.82, 2.24) is 4.72 Å². The third kappa shape index (κ3) is 4.91. The molecule has 0 aliphatic carbocycles. The quantitative estimate of drug-likeness (QED) is 0.833. The van der Waals surface area contributed by atoms with E-state index in [4.69, 9.17) is 0 Å². The van der Waals surface area contributed by atoms with Crippen LogP contribution in [0.15, 0.2) is 53.4 Å². The first-order valence-corrected chi connectivity index (χ1v) is 8.47. The van der Waals surface area contributed by atoms with Crippen LogP contribution in [0.3, 0.4) is 0 Å². The minimum Gasteiger partial charge on any atom is -0.326 e. The van der Waals surface area contributed by atoms with E-state index in [0.29, 0.717) is 11.3 Å². The number of hydrogen-bond donors (Lipinski definition) is 2. The zero-order valence-corrected chi connectivity index (χ0v) is 13.7. The maximum absolute atomic E-state index is 13.5. The summed E-state index contributed by atoms with van der Waals surface area (Å²) in [6, 6.07) is 11.9. The van der Waals surface area contributed by atoms with Crippen molar-refractivity contribution >= 4 is 21.6 Å². The molecule has 124 valence electrons. The van der Waals surface area contributed by atoms with E-state index in [1.165, 1.54) is 25.1 Å². The first-order valence-electron chi connectivity index (χ1n) is 6.99. The average Bonchev–Trinajstić information content (AvgIpc) is 2.53. The van der Waals surface area contributed by atoms with Crippen molar-refractivity contribution in [3.05, 3.63) is 59.9 Å². The van der Waals surface area contributed by atoms with Crippen molar-refractivity contribution in [3.8, 4) is 11.8 Å². The van der Waals surface area contributed by atoms with Gasteiger partial charge in [-0.1, -0.05) is 24.0 Å². The van der Waals surface area contributed by atoms with Gasteiger partial charge in [-0.15, -0.1) is 0 Å². The largest absolute Gasteiger partial charge is 0.326 e. The number of rotatable bonds is 4. The summed E-state index contributed by atoms with van der Waals surface area (Å²) in [5.41, 5.74) is 1.31. The van der Waals surface area contributed by atoms with Crippen molar-refractivity contribution in [2.45, 2.75) is 11.8 Å². The Hall–Kier alpha value is -2.69. The Bertz CT molecular complexity index is 897. The van der Waals surface area contributed by atoms with E-state index in [0.717, 1.165) is 6.07 Å². The Labute approximate surface area is 139 Å². The van der Waals surface area contributed by atoms with Crippen molar-refractivity contribution in [2.75, 3.05) is 11.9 Å². The second-order valence-electron chi connectivity index (χ2n) is 4.82. The Morgan fingerprint density at radius 1 is 1.12 bits per heavy atom. The number of carbonyl (C=O) groups excluding carboxylic acids is 1. The summed E-state index contributed by atoms with van der Waals surface area (Å²) in [5.74, 6) is 4.45. The zero-order valence-electron chi connectivity index (χ0n) is 12.8. The zero-order chi connectivity index (χ0) is 17.6. The summed E-state index contributed by atoms with van der Waals surface area (Å²) in [6.45, 7) is 1.26. The summed E-state index contributed by atoms with van der Waals surface area (Å²) in [4.78, 5) is 10.5. The second kappa shape index (κ2) is 7.73. The molecule has 2 aromatic carbocycles. The van der Waals surface area contributed by atoms with Crippen LogP contribution in [-0.2, 0) is 14.8 Å². The highest BCUT2D eigenvalue weighted by atomic mass is 32.2. The first kappa shape index (κ1) is 17.7. The van der Waals surface area contributed by atoms with E-state index in [-0.39, 0.29) is 12.5 Å². The molecule has 0 bridgehead atoms. The van der Waals surface area contributed by atoms with Gasteiger partial charge in [0.2, 0.25) is 15.9 Å². The Kier molecular flexibility index (Phi) is 5.68. The molecule has 24 heavy (non-hydrogen) atoms. The molecule has 7 heteroatoms. The molecule has 0 aliphatic rings. The molecule has 2 N–H and O–H groups in total. The summed E-state index contributed by atoms with van der Waals surface area (Å²) in [7, 11) is -3.94. The topological polar surface area (TPSA) is 75.3 Å². The summed E-state index contributed by atoms with van der Waals surface area (Å²) in [6.07, 6.45) is 0. The maximum Gasteiger partial charge on any atom is 0.244 e. The monoisotopic (exact) mass is 346 g/mol. The van der Waals surface area contributed by atoms with Gasteiger partial charge in [-0.3, -0.25) is 4.79 Å². The van der Waals surface area contributed by atoms with Crippen LogP contribution in [0.25, 0.3) is 0 Å². The minimum atomic E-state index is -3.94. The molecule has 0 unspecified atom stereocenters. The molecule has 0 atom stereocenters. The van der Waals surface area contributed by atoms with Gasteiger partial charge in [-0.05, 0) is 36.4 Å². The molecule has 0 heterocycles. The van der Waals surface area contributed by atoms with Gasteiger partial charge < -0.3 is 5.32 Å². The lowest BCUT2D eigenvalue weighted by Crippen LogP contribution is -2.24. The number of hydrogen-bond acceptors (Lipinski definition) is 3. The van der Waals surface area contributed by atoms with Crippen LogP contribution in [0, 0.1) is 17.7 Å². The lowest BCUT2D eigenvalue weighted by molar-refractivity contribution is -0.114. The van der Waals surface area contributed by atoms with Gasteiger partial charge >= 0.3 is 0 Å². The van der Waals surface area contributed by atoms with Crippen molar-refractivity contribution in [1.29, 1.82) is 0 Å². The van der Waals surface area contributed by atoms with E-state index in [1.807, 2.05) is 0 Å². The Morgan fingerprint density at radius 2 is 1.79 bits per heavy atom. The molecular weight excluding hydrogens is 331 g/mol. The summed E-state index contributed by atoms with van der Waals surface area (Å²) >= 11 is 0. The minimum absolute atomic E-state index is 0.149. The fraction of sp³-hybridized carbons (Fsp3) is 0.118. The molecule has 5 nitrogen and oxygen atoms in total. The Balaban J connectivity index is 1.98. The van der Waals surface area contributed by atoms with E-state index in [2.05, 4.69) is 21.9 Å². The number of halogens is 1. The van der Waals surface area contributed by atoms with Crippen LogP contribution in [0.1, 0.15) is 12.5 Å². The Morgan fingerprint density at radius 3 is 2.42 bits per heavy atom. The van der Waals surface area contributed by atoms with Gasteiger partial charge in [0.05, 0.1) is 6.54 Å². The lowest BCUT2D eigenvalue weighted by atomic mass is 10.2. The fourth-order valence-electron chi connectivity index (χ4n) is 1.86. The number of benzene rings is 2. The van der Waals surface area contributed by atoms with Gasteiger partial charge in [-0.25, -0.2) is 12.8 Å². The molecule has 1 amide bonds. The van der Waals surface area contributed by atoms with Gasteiger partial charge in [-0.2, -0.15) is 4.72 Å². The van der Waals surface area contributed by atoms with Crippen LogP contribution in [0.5, 0.6) is 0 Å². The third-order valence-electron chi connectivity index (χ3n) is 2.91. The average molecular weight is 346 g/mol. The van der Waals surface area contributed by atoms with E-state index < -0.39 is 20.7 Å². The molecular formula is C17H15FN2O3S. The van der Waals surface area contributed by atoms with Gasteiger partial charge in [0.1, 0.15) is 10.7 Å². The van der Waals surface area contributed by atoms with Gasteiger partial charge in [0.15, 0.2) is 0 Å². The SMILES string of the molecule is CC(=O)Nc1ccc(C#CCNS(=O)(=O)c2ccccc2F)cc1. The number of sulfonamides is 1.